The van der Waals surface area contributed by atoms with E-state index >= 15 is 0 Å². The molecule has 0 saturated heterocycles. The highest BCUT2D eigenvalue weighted by Crippen LogP contribution is 2.25. The normalized spacial score (nSPS) is 13.8. The quantitative estimate of drug-likeness (QED) is 0.901. The lowest BCUT2D eigenvalue weighted by molar-refractivity contribution is 0.0946. The van der Waals surface area contributed by atoms with Gasteiger partial charge in [-0.1, -0.05) is 12.1 Å². The van der Waals surface area contributed by atoms with E-state index in [1.807, 2.05) is 30.3 Å². The van der Waals surface area contributed by atoms with E-state index in [2.05, 4.69) is 31.5 Å². The minimum absolute atomic E-state index is 0.0973. The Hall–Kier alpha value is -1.88. The van der Waals surface area contributed by atoms with E-state index in [1.54, 1.807) is 12.3 Å². The van der Waals surface area contributed by atoms with Crippen LogP contribution in [0.2, 0.25) is 0 Å². The van der Waals surface area contributed by atoms with Crippen molar-refractivity contribution >= 4 is 33.2 Å². The fourth-order valence-corrected chi connectivity index (χ4v) is 2.19. The second-order valence-corrected chi connectivity index (χ2v) is 5.64. The molecule has 1 aliphatic carbocycles. The molecule has 1 heterocycles. The molecule has 2 aromatic rings. The van der Waals surface area contributed by atoms with Gasteiger partial charge in [0.05, 0.1) is 17.6 Å². The summed E-state index contributed by atoms with van der Waals surface area (Å²) in [5.74, 6) is -0.0973. The van der Waals surface area contributed by atoms with Crippen molar-refractivity contribution in [2.75, 3.05) is 5.32 Å². The summed E-state index contributed by atoms with van der Waals surface area (Å²) >= 11 is 3.48. The highest BCUT2D eigenvalue weighted by atomic mass is 79.9. The highest BCUT2D eigenvalue weighted by Gasteiger charge is 2.24. The van der Waals surface area contributed by atoms with Gasteiger partial charge in [-0.3, -0.25) is 4.79 Å². The number of amides is 1. The first-order chi connectivity index (χ1) is 9.72. The molecule has 1 amide bonds. The number of anilines is 2. The summed E-state index contributed by atoms with van der Waals surface area (Å²) in [6.45, 7) is 0. The van der Waals surface area contributed by atoms with Crippen molar-refractivity contribution < 1.29 is 4.79 Å². The lowest BCUT2D eigenvalue weighted by Crippen LogP contribution is -2.26. The number of hydrogen-bond donors (Lipinski definition) is 2. The second kappa shape index (κ2) is 5.63. The topological polar surface area (TPSA) is 54.0 Å². The highest BCUT2D eigenvalue weighted by molar-refractivity contribution is 9.10. The maximum atomic E-state index is 11.8. The molecule has 1 aliphatic rings. The van der Waals surface area contributed by atoms with Gasteiger partial charge in [0.1, 0.15) is 5.69 Å². The number of carbonyl (C=O) groups is 1. The van der Waals surface area contributed by atoms with Crippen LogP contribution in [0.4, 0.5) is 11.4 Å². The minimum atomic E-state index is -0.0973. The number of nitrogens with one attached hydrogen (secondary N) is 2. The standard InChI is InChI=1S/C15H14BrN3O/c16-12-3-1-2-4-13(12)18-11-7-8-14(17-9-11)15(20)19-10-5-6-10/h1-4,7-10,18H,5-6H2,(H,19,20). The average molecular weight is 332 g/mol. The van der Waals surface area contributed by atoms with Crippen LogP contribution in [-0.2, 0) is 0 Å². The van der Waals surface area contributed by atoms with Crippen molar-refractivity contribution in [3.05, 3.63) is 52.8 Å². The number of para-hydroxylation sites is 1. The molecule has 5 heteroatoms. The Morgan fingerprint density at radius 1 is 1.20 bits per heavy atom. The molecule has 0 spiro atoms. The molecule has 1 saturated carbocycles. The largest absolute Gasteiger partial charge is 0.353 e. The zero-order valence-electron chi connectivity index (χ0n) is 10.8. The second-order valence-electron chi connectivity index (χ2n) is 4.78. The summed E-state index contributed by atoms with van der Waals surface area (Å²) in [6.07, 6.45) is 3.82. The van der Waals surface area contributed by atoms with Crippen LogP contribution >= 0.6 is 15.9 Å². The van der Waals surface area contributed by atoms with Crippen molar-refractivity contribution in [2.45, 2.75) is 18.9 Å². The molecule has 3 rings (SSSR count). The Morgan fingerprint density at radius 3 is 2.65 bits per heavy atom. The number of aromatic nitrogens is 1. The van der Waals surface area contributed by atoms with E-state index in [1.165, 1.54) is 0 Å². The molecular weight excluding hydrogens is 318 g/mol. The molecule has 4 nitrogen and oxygen atoms in total. The van der Waals surface area contributed by atoms with Gasteiger partial charge >= 0.3 is 0 Å². The van der Waals surface area contributed by atoms with Gasteiger partial charge in [0.2, 0.25) is 0 Å². The van der Waals surface area contributed by atoms with Gasteiger partial charge in [-0.15, -0.1) is 0 Å². The molecule has 0 radical (unpaired) electrons. The Bertz CT molecular complexity index is 623. The molecule has 1 aromatic carbocycles. The van der Waals surface area contributed by atoms with Crippen molar-refractivity contribution in [3.8, 4) is 0 Å². The molecule has 2 N–H and O–H groups in total. The molecule has 0 unspecified atom stereocenters. The van der Waals surface area contributed by atoms with E-state index in [-0.39, 0.29) is 5.91 Å². The zero-order valence-corrected chi connectivity index (χ0v) is 12.4. The average Bonchev–Trinajstić information content (AvgIpc) is 3.26. The zero-order chi connectivity index (χ0) is 13.9. The van der Waals surface area contributed by atoms with E-state index in [0.717, 1.165) is 28.7 Å². The third-order valence-electron chi connectivity index (χ3n) is 3.06. The Morgan fingerprint density at radius 2 is 2.00 bits per heavy atom. The van der Waals surface area contributed by atoms with E-state index in [4.69, 9.17) is 0 Å². The summed E-state index contributed by atoms with van der Waals surface area (Å²) in [7, 11) is 0. The summed E-state index contributed by atoms with van der Waals surface area (Å²) in [6, 6.07) is 11.8. The first kappa shape index (κ1) is 13.1. The maximum absolute atomic E-state index is 11.8. The van der Waals surface area contributed by atoms with Gasteiger partial charge < -0.3 is 10.6 Å². The number of benzene rings is 1. The predicted molar refractivity (Wildman–Crippen MR) is 82.1 cm³/mol. The third-order valence-corrected chi connectivity index (χ3v) is 3.75. The van der Waals surface area contributed by atoms with Gasteiger partial charge in [-0.2, -0.15) is 0 Å². The molecule has 0 bridgehead atoms. The van der Waals surface area contributed by atoms with Crippen LogP contribution < -0.4 is 10.6 Å². The van der Waals surface area contributed by atoms with Crippen molar-refractivity contribution in [1.82, 2.24) is 10.3 Å². The van der Waals surface area contributed by atoms with Crippen LogP contribution in [0.25, 0.3) is 0 Å². The minimum Gasteiger partial charge on any atom is -0.353 e. The number of halogens is 1. The fourth-order valence-electron chi connectivity index (χ4n) is 1.81. The summed E-state index contributed by atoms with van der Waals surface area (Å²) in [4.78, 5) is 16.0. The van der Waals surface area contributed by atoms with Gasteiger partial charge in [0.15, 0.2) is 0 Å². The number of rotatable bonds is 4. The van der Waals surface area contributed by atoms with E-state index < -0.39 is 0 Å². The lowest BCUT2D eigenvalue weighted by Gasteiger charge is -2.08. The van der Waals surface area contributed by atoms with Crippen LogP contribution in [-0.4, -0.2) is 16.9 Å². The molecule has 0 aliphatic heterocycles. The van der Waals surface area contributed by atoms with Gasteiger partial charge in [0, 0.05) is 10.5 Å². The molecule has 1 aromatic heterocycles. The monoisotopic (exact) mass is 331 g/mol. The van der Waals surface area contributed by atoms with Crippen LogP contribution in [0, 0.1) is 0 Å². The lowest BCUT2D eigenvalue weighted by atomic mass is 10.3. The van der Waals surface area contributed by atoms with Crippen molar-refractivity contribution in [1.29, 1.82) is 0 Å². The Kier molecular flexibility index (Phi) is 3.69. The van der Waals surface area contributed by atoms with Crippen LogP contribution in [0.5, 0.6) is 0 Å². The fraction of sp³-hybridized carbons (Fsp3) is 0.200. The summed E-state index contributed by atoms with van der Waals surface area (Å²) in [5.41, 5.74) is 2.26. The SMILES string of the molecule is O=C(NC1CC1)c1ccc(Nc2ccccc2Br)cn1. The molecule has 0 atom stereocenters. The van der Waals surface area contributed by atoms with Gasteiger partial charge in [-0.05, 0) is 53.0 Å². The van der Waals surface area contributed by atoms with Gasteiger partial charge in [-0.25, -0.2) is 4.98 Å². The number of hydrogen-bond acceptors (Lipinski definition) is 3. The predicted octanol–water partition coefficient (Wildman–Crippen LogP) is 3.48. The van der Waals surface area contributed by atoms with Crippen LogP contribution in [0.3, 0.4) is 0 Å². The molecule has 1 fully saturated rings. The van der Waals surface area contributed by atoms with Crippen molar-refractivity contribution in [3.63, 3.8) is 0 Å². The number of carbonyl (C=O) groups excluding carboxylic acids is 1. The molecular formula is C15H14BrN3O. The van der Waals surface area contributed by atoms with Crippen LogP contribution in [0.1, 0.15) is 23.3 Å². The summed E-state index contributed by atoms with van der Waals surface area (Å²) < 4.78 is 0.982. The molecule has 20 heavy (non-hydrogen) atoms. The number of nitrogens with zero attached hydrogens (tertiary/aromatic N) is 1. The summed E-state index contributed by atoms with van der Waals surface area (Å²) in [5, 5.41) is 6.17. The van der Waals surface area contributed by atoms with Crippen LogP contribution in [0.15, 0.2) is 47.1 Å². The van der Waals surface area contributed by atoms with E-state index in [0.29, 0.717) is 11.7 Å². The Balaban J connectivity index is 1.69. The van der Waals surface area contributed by atoms with Gasteiger partial charge in [0.25, 0.3) is 5.91 Å². The Labute approximate surface area is 125 Å². The maximum Gasteiger partial charge on any atom is 0.270 e. The first-order valence-electron chi connectivity index (χ1n) is 6.51. The third kappa shape index (κ3) is 3.17. The van der Waals surface area contributed by atoms with E-state index in [9.17, 15) is 4.79 Å². The number of pyridine rings is 1. The first-order valence-corrected chi connectivity index (χ1v) is 7.30. The smallest absolute Gasteiger partial charge is 0.270 e. The molecule has 102 valence electrons. The van der Waals surface area contributed by atoms with Crippen molar-refractivity contribution in [2.24, 2.45) is 0 Å².